The van der Waals surface area contributed by atoms with E-state index in [1.54, 1.807) is 6.20 Å². The molecule has 3 N–H and O–H groups in total. The van der Waals surface area contributed by atoms with Crippen molar-refractivity contribution in [3.63, 3.8) is 0 Å². The highest BCUT2D eigenvalue weighted by atomic mass is 32.1. The second kappa shape index (κ2) is 6.69. The Morgan fingerprint density at radius 2 is 2.32 bits per heavy atom. The monoisotopic (exact) mass is 271 g/mol. The van der Waals surface area contributed by atoms with Gasteiger partial charge < -0.3 is 11.1 Å². The van der Waals surface area contributed by atoms with Gasteiger partial charge in [-0.15, -0.1) is 11.3 Å². The largest absolute Gasteiger partial charge is 0.346 e. The maximum atomic E-state index is 12.0. The van der Waals surface area contributed by atoms with Gasteiger partial charge in [0.05, 0.1) is 18.8 Å². The number of hydrogen-bond donors (Lipinski definition) is 2. The number of thiophene rings is 1. The van der Waals surface area contributed by atoms with E-state index in [0.717, 1.165) is 5.69 Å². The van der Waals surface area contributed by atoms with E-state index in [2.05, 4.69) is 22.1 Å². The number of pyridine rings is 1. The van der Waals surface area contributed by atoms with Crippen LogP contribution in [0, 0.1) is 11.8 Å². The molecule has 0 unspecified atom stereocenters. The van der Waals surface area contributed by atoms with Crippen molar-refractivity contribution in [3.05, 3.63) is 52.0 Å². The standard InChI is InChI=1S/C14H13N3OS/c15-7-3-4-11-6-9-19-13(11)14(18)17-10-12-5-1-2-8-16-12/h1-2,5-6,8-9H,7,10,15H2,(H,17,18). The summed E-state index contributed by atoms with van der Waals surface area (Å²) in [7, 11) is 0. The number of carbonyl (C=O) groups is 1. The molecule has 0 spiro atoms. The van der Waals surface area contributed by atoms with Gasteiger partial charge in [-0.25, -0.2) is 0 Å². The van der Waals surface area contributed by atoms with Crippen molar-refractivity contribution in [3.8, 4) is 11.8 Å². The first-order valence-electron chi connectivity index (χ1n) is 5.76. The van der Waals surface area contributed by atoms with Crippen LogP contribution in [0.4, 0.5) is 0 Å². The van der Waals surface area contributed by atoms with Gasteiger partial charge in [0.15, 0.2) is 0 Å². The van der Waals surface area contributed by atoms with Crippen molar-refractivity contribution in [2.24, 2.45) is 5.73 Å². The lowest BCUT2D eigenvalue weighted by Gasteiger charge is -2.03. The van der Waals surface area contributed by atoms with Crippen molar-refractivity contribution >= 4 is 17.2 Å². The van der Waals surface area contributed by atoms with E-state index < -0.39 is 0 Å². The number of hydrogen-bond acceptors (Lipinski definition) is 4. The molecular formula is C14H13N3OS. The molecule has 0 radical (unpaired) electrons. The van der Waals surface area contributed by atoms with Crippen LogP contribution in [0.25, 0.3) is 0 Å². The fourth-order valence-corrected chi connectivity index (χ4v) is 2.25. The number of nitrogens with zero attached hydrogens (tertiary/aromatic N) is 1. The van der Waals surface area contributed by atoms with E-state index in [0.29, 0.717) is 17.0 Å². The predicted octanol–water partition coefficient (Wildman–Crippen LogP) is 1.38. The Balaban J connectivity index is 2.02. The van der Waals surface area contributed by atoms with Gasteiger partial charge in [0.2, 0.25) is 0 Å². The van der Waals surface area contributed by atoms with Gasteiger partial charge in [-0.2, -0.15) is 0 Å². The molecule has 0 aliphatic carbocycles. The van der Waals surface area contributed by atoms with Gasteiger partial charge in [-0.1, -0.05) is 17.9 Å². The molecule has 2 rings (SSSR count). The molecule has 0 saturated heterocycles. The molecule has 0 fully saturated rings. The fraction of sp³-hybridized carbons (Fsp3) is 0.143. The molecule has 0 atom stereocenters. The lowest BCUT2D eigenvalue weighted by molar-refractivity contribution is 0.0954. The summed E-state index contributed by atoms with van der Waals surface area (Å²) in [5.74, 6) is 5.51. The SMILES string of the molecule is NCC#Cc1ccsc1C(=O)NCc1ccccn1. The molecule has 2 aromatic heterocycles. The first kappa shape index (κ1) is 13.3. The van der Waals surface area contributed by atoms with E-state index in [1.807, 2.05) is 29.6 Å². The first-order valence-corrected chi connectivity index (χ1v) is 6.64. The summed E-state index contributed by atoms with van der Waals surface area (Å²) in [4.78, 5) is 16.8. The smallest absolute Gasteiger partial charge is 0.262 e. The zero-order valence-corrected chi connectivity index (χ0v) is 11.0. The number of nitrogens with two attached hydrogens (primary N) is 1. The lowest BCUT2D eigenvalue weighted by atomic mass is 10.2. The molecular weight excluding hydrogens is 258 g/mol. The van der Waals surface area contributed by atoms with Crippen molar-refractivity contribution in [2.45, 2.75) is 6.54 Å². The molecule has 19 heavy (non-hydrogen) atoms. The van der Waals surface area contributed by atoms with Crippen LogP contribution in [0.3, 0.4) is 0 Å². The molecule has 0 saturated carbocycles. The van der Waals surface area contributed by atoms with Gasteiger partial charge in [0.1, 0.15) is 4.88 Å². The summed E-state index contributed by atoms with van der Waals surface area (Å²) in [5, 5.41) is 4.67. The third-order valence-electron chi connectivity index (χ3n) is 2.35. The number of rotatable bonds is 3. The molecule has 96 valence electrons. The zero-order valence-electron chi connectivity index (χ0n) is 10.2. The third kappa shape index (κ3) is 3.65. The second-order valence-corrected chi connectivity index (χ2v) is 4.59. The molecule has 0 aliphatic rings. The molecule has 0 aliphatic heterocycles. The summed E-state index contributed by atoms with van der Waals surface area (Å²) in [6.45, 7) is 0.687. The number of nitrogens with one attached hydrogen (secondary N) is 1. The fourth-order valence-electron chi connectivity index (χ4n) is 1.48. The molecule has 4 nitrogen and oxygen atoms in total. The van der Waals surface area contributed by atoms with Gasteiger partial charge >= 0.3 is 0 Å². The van der Waals surface area contributed by atoms with E-state index in [1.165, 1.54) is 11.3 Å². The van der Waals surface area contributed by atoms with Crippen LogP contribution in [-0.4, -0.2) is 17.4 Å². The quantitative estimate of drug-likeness (QED) is 0.829. The van der Waals surface area contributed by atoms with Crippen molar-refractivity contribution in [2.75, 3.05) is 6.54 Å². The molecule has 0 bridgehead atoms. The second-order valence-electron chi connectivity index (χ2n) is 3.67. The van der Waals surface area contributed by atoms with Crippen LogP contribution in [0.2, 0.25) is 0 Å². The first-order chi connectivity index (χ1) is 9.31. The molecule has 0 aromatic carbocycles. The van der Waals surface area contributed by atoms with Crippen LogP contribution in [0.5, 0.6) is 0 Å². The molecule has 5 heteroatoms. The maximum Gasteiger partial charge on any atom is 0.262 e. The van der Waals surface area contributed by atoms with Crippen LogP contribution >= 0.6 is 11.3 Å². The Kier molecular flexibility index (Phi) is 4.67. The van der Waals surface area contributed by atoms with Crippen LogP contribution < -0.4 is 11.1 Å². The minimum atomic E-state index is -0.137. The number of carbonyl (C=O) groups excluding carboxylic acids is 1. The molecule has 1 amide bonds. The van der Waals surface area contributed by atoms with Gasteiger partial charge in [0, 0.05) is 11.8 Å². The summed E-state index contributed by atoms with van der Waals surface area (Å²) in [5.41, 5.74) is 6.86. The Morgan fingerprint density at radius 1 is 1.42 bits per heavy atom. The van der Waals surface area contributed by atoms with Gasteiger partial charge in [0.25, 0.3) is 5.91 Å². The normalized spacial score (nSPS) is 9.53. The van der Waals surface area contributed by atoms with E-state index in [4.69, 9.17) is 5.73 Å². The van der Waals surface area contributed by atoms with Crippen molar-refractivity contribution in [1.29, 1.82) is 0 Å². The highest BCUT2D eigenvalue weighted by Crippen LogP contribution is 2.15. The zero-order chi connectivity index (χ0) is 13.5. The Labute approximate surface area is 115 Å². The summed E-state index contributed by atoms with van der Waals surface area (Å²) >= 11 is 1.37. The van der Waals surface area contributed by atoms with Crippen LogP contribution in [-0.2, 0) is 6.54 Å². The van der Waals surface area contributed by atoms with Crippen LogP contribution in [0.1, 0.15) is 20.9 Å². The summed E-state index contributed by atoms with van der Waals surface area (Å²) in [6, 6.07) is 7.41. The topological polar surface area (TPSA) is 68.0 Å². The predicted molar refractivity (Wildman–Crippen MR) is 75.7 cm³/mol. The average molecular weight is 271 g/mol. The molecule has 2 heterocycles. The Bertz CT molecular complexity index is 610. The average Bonchev–Trinajstić information content (AvgIpc) is 2.92. The van der Waals surface area contributed by atoms with E-state index >= 15 is 0 Å². The highest BCUT2D eigenvalue weighted by Gasteiger charge is 2.11. The number of amides is 1. The Morgan fingerprint density at radius 3 is 3.05 bits per heavy atom. The number of aromatic nitrogens is 1. The highest BCUT2D eigenvalue weighted by molar-refractivity contribution is 7.12. The van der Waals surface area contributed by atoms with Crippen molar-refractivity contribution < 1.29 is 4.79 Å². The summed E-state index contributed by atoms with van der Waals surface area (Å²) < 4.78 is 0. The minimum Gasteiger partial charge on any atom is -0.346 e. The van der Waals surface area contributed by atoms with E-state index in [-0.39, 0.29) is 12.5 Å². The lowest BCUT2D eigenvalue weighted by Crippen LogP contribution is -2.23. The Hall–Kier alpha value is -2.16. The molecule has 2 aromatic rings. The minimum absolute atomic E-state index is 0.137. The van der Waals surface area contributed by atoms with Crippen LogP contribution in [0.15, 0.2) is 35.8 Å². The third-order valence-corrected chi connectivity index (χ3v) is 3.27. The van der Waals surface area contributed by atoms with Gasteiger partial charge in [-0.3, -0.25) is 9.78 Å². The van der Waals surface area contributed by atoms with Crippen molar-refractivity contribution in [1.82, 2.24) is 10.3 Å². The van der Waals surface area contributed by atoms with Gasteiger partial charge in [-0.05, 0) is 23.6 Å². The van der Waals surface area contributed by atoms with E-state index in [9.17, 15) is 4.79 Å². The summed E-state index contributed by atoms with van der Waals surface area (Å²) in [6.07, 6.45) is 1.70. The maximum absolute atomic E-state index is 12.0.